The normalized spacial score (nSPS) is 31.0. The van der Waals surface area contributed by atoms with Crippen molar-refractivity contribution in [2.45, 2.75) is 44.2 Å². The van der Waals surface area contributed by atoms with Crippen LogP contribution in [-0.2, 0) is 6.54 Å². The Bertz CT molecular complexity index is 473. The maximum Gasteiger partial charge on any atom is 0.0700 e. The van der Waals surface area contributed by atoms with Crippen LogP contribution in [0.2, 0.25) is 0 Å². The summed E-state index contributed by atoms with van der Waals surface area (Å²) in [6.07, 6.45) is 5.51. The van der Waals surface area contributed by atoms with Crippen LogP contribution in [-0.4, -0.2) is 28.7 Å². The molecule has 1 saturated carbocycles. The number of piperidine rings is 1. The summed E-state index contributed by atoms with van der Waals surface area (Å²) < 4.78 is 1.09. The first-order valence-electron chi connectivity index (χ1n) is 7.56. The average molecular weight is 339 g/mol. The van der Waals surface area contributed by atoms with Crippen molar-refractivity contribution in [3.05, 3.63) is 28.2 Å². The molecule has 1 aliphatic heterocycles. The molecule has 3 nitrogen and oxygen atoms in total. The molecular formula is C16H23BrN2O. The number of likely N-dealkylation sites (tertiary alicyclic amines) is 1. The van der Waals surface area contributed by atoms with Crippen LogP contribution in [0.1, 0.15) is 37.7 Å². The first-order chi connectivity index (χ1) is 9.58. The van der Waals surface area contributed by atoms with Gasteiger partial charge in [0.25, 0.3) is 0 Å². The molecule has 4 heteroatoms. The molecule has 1 saturated heterocycles. The Balaban J connectivity index is 1.71. The van der Waals surface area contributed by atoms with Crippen molar-refractivity contribution in [3.8, 4) is 0 Å². The van der Waals surface area contributed by atoms with Gasteiger partial charge >= 0.3 is 0 Å². The standard InChI is InChI=1S/C16H23BrN2O/c17-14-5-3-6-15(18)13(14)11-19-9-8-16(20)7-2-1-4-12(16)10-19/h3,5-6,12,20H,1-2,4,7-11,18H2. The van der Waals surface area contributed by atoms with Crippen LogP contribution < -0.4 is 5.73 Å². The maximum absolute atomic E-state index is 10.7. The Kier molecular flexibility index (Phi) is 4.07. The molecule has 0 bridgehead atoms. The Hall–Kier alpha value is -0.580. The number of rotatable bonds is 2. The Morgan fingerprint density at radius 3 is 3.00 bits per heavy atom. The largest absolute Gasteiger partial charge is 0.398 e. The van der Waals surface area contributed by atoms with E-state index < -0.39 is 5.60 Å². The molecule has 3 rings (SSSR count). The number of benzene rings is 1. The summed E-state index contributed by atoms with van der Waals surface area (Å²) in [7, 11) is 0. The van der Waals surface area contributed by atoms with Gasteiger partial charge in [0.2, 0.25) is 0 Å². The lowest BCUT2D eigenvalue weighted by atomic mass is 9.71. The van der Waals surface area contributed by atoms with Crippen LogP contribution in [0.5, 0.6) is 0 Å². The summed E-state index contributed by atoms with van der Waals surface area (Å²) in [6, 6.07) is 5.98. The van der Waals surface area contributed by atoms with Crippen molar-refractivity contribution >= 4 is 21.6 Å². The summed E-state index contributed by atoms with van der Waals surface area (Å²) in [5, 5.41) is 10.7. The highest BCUT2D eigenvalue weighted by atomic mass is 79.9. The van der Waals surface area contributed by atoms with Gasteiger partial charge in [-0.05, 0) is 31.4 Å². The first-order valence-corrected chi connectivity index (χ1v) is 8.35. The minimum Gasteiger partial charge on any atom is -0.398 e. The smallest absolute Gasteiger partial charge is 0.0700 e. The van der Waals surface area contributed by atoms with Gasteiger partial charge in [-0.15, -0.1) is 0 Å². The van der Waals surface area contributed by atoms with Crippen LogP contribution in [0, 0.1) is 5.92 Å². The molecule has 1 aromatic rings. The number of halogens is 1. The number of hydrogen-bond acceptors (Lipinski definition) is 3. The molecule has 0 aromatic heterocycles. The van der Waals surface area contributed by atoms with E-state index in [1.54, 1.807) is 0 Å². The van der Waals surface area contributed by atoms with Gasteiger partial charge in [-0.3, -0.25) is 4.90 Å². The third kappa shape index (κ3) is 2.74. The molecule has 2 aliphatic rings. The first kappa shape index (κ1) is 14.4. The minimum atomic E-state index is -0.395. The predicted octanol–water partition coefficient (Wildman–Crippen LogP) is 3.16. The second kappa shape index (κ2) is 5.66. The summed E-state index contributed by atoms with van der Waals surface area (Å²) in [5.41, 5.74) is 7.72. The molecule has 2 unspecified atom stereocenters. The molecule has 1 heterocycles. The number of nitrogen functional groups attached to an aromatic ring is 1. The molecule has 0 spiro atoms. The number of aliphatic hydroxyl groups is 1. The van der Waals surface area contributed by atoms with E-state index in [0.29, 0.717) is 5.92 Å². The average Bonchev–Trinajstić information content (AvgIpc) is 2.43. The minimum absolute atomic E-state index is 0.395. The van der Waals surface area contributed by atoms with Crippen molar-refractivity contribution < 1.29 is 5.11 Å². The summed E-state index contributed by atoms with van der Waals surface area (Å²) in [4.78, 5) is 2.45. The van der Waals surface area contributed by atoms with Gasteiger partial charge in [0.1, 0.15) is 0 Å². The summed E-state index contributed by atoms with van der Waals surface area (Å²) >= 11 is 3.60. The van der Waals surface area contributed by atoms with Crippen LogP contribution >= 0.6 is 15.9 Å². The van der Waals surface area contributed by atoms with Crippen LogP contribution in [0.3, 0.4) is 0 Å². The van der Waals surface area contributed by atoms with Crippen molar-refractivity contribution in [1.29, 1.82) is 0 Å². The van der Waals surface area contributed by atoms with Crippen molar-refractivity contribution in [3.63, 3.8) is 0 Å². The fourth-order valence-electron chi connectivity index (χ4n) is 3.75. The highest BCUT2D eigenvalue weighted by Crippen LogP contribution is 2.40. The third-order valence-electron chi connectivity index (χ3n) is 5.05. The van der Waals surface area contributed by atoms with Gasteiger partial charge in [-0.1, -0.05) is 34.8 Å². The lowest BCUT2D eigenvalue weighted by Crippen LogP contribution is -2.53. The van der Waals surface area contributed by atoms with Gasteiger partial charge in [-0.25, -0.2) is 0 Å². The van der Waals surface area contributed by atoms with E-state index >= 15 is 0 Å². The Labute approximate surface area is 129 Å². The summed E-state index contributed by atoms with van der Waals surface area (Å²) in [5.74, 6) is 0.439. The number of nitrogens with two attached hydrogens (primary N) is 1. The highest BCUT2D eigenvalue weighted by molar-refractivity contribution is 9.10. The van der Waals surface area contributed by atoms with Crippen molar-refractivity contribution in [2.24, 2.45) is 5.92 Å². The number of hydrogen-bond donors (Lipinski definition) is 2. The van der Waals surface area contributed by atoms with E-state index in [9.17, 15) is 5.11 Å². The van der Waals surface area contributed by atoms with Crippen molar-refractivity contribution in [2.75, 3.05) is 18.8 Å². The molecule has 3 N–H and O–H groups in total. The fraction of sp³-hybridized carbons (Fsp3) is 0.625. The zero-order valence-corrected chi connectivity index (χ0v) is 13.4. The molecule has 2 atom stereocenters. The summed E-state index contributed by atoms with van der Waals surface area (Å²) in [6.45, 7) is 2.84. The van der Waals surface area contributed by atoms with E-state index in [2.05, 4.69) is 20.8 Å². The van der Waals surface area contributed by atoms with Gasteiger partial charge in [0.15, 0.2) is 0 Å². The Morgan fingerprint density at radius 2 is 2.20 bits per heavy atom. The molecule has 1 aliphatic carbocycles. The lowest BCUT2D eigenvalue weighted by molar-refractivity contribution is -0.0967. The third-order valence-corrected chi connectivity index (χ3v) is 5.79. The zero-order valence-electron chi connectivity index (χ0n) is 11.8. The number of anilines is 1. The predicted molar refractivity (Wildman–Crippen MR) is 85.4 cm³/mol. The highest BCUT2D eigenvalue weighted by Gasteiger charge is 2.42. The Morgan fingerprint density at radius 1 is 1.35 bits per heavy atom. The van der Waals surface area contributed by atoms with Gasteiger partial charge in [-0.2, -0.15) is 0 Å². The SMILES string of the molecule is Nc1cccc(Br)c1CN1CCC2(O)CCCCC2C1. The van der Waals surface area contributed by atoms with Gasteiger partial charge in [0.05, 0.1) is 5.60 Å². The number of fused-ring (bicyclic) bond motifs is 1. The molecule has 1 aromatic carbocycles. The van der Waals surface area contributed by atoms with Crippen LogP contribution in [0.15, 0.2) is 22.7 Å². The molecule has 110 valence electrons. The monoisotopic (exact) mass is 338 g/mol. The second-order valence-electron chi connectivity index (χ2n) is 6.34. The van der Waals surface area contributed by atoms with E-state index in [4.69, 9.17) is 5.73 Å². The molecule has 0 radical (unpaired) electrons. The second-order valence-corrected chi connectivity index (χ2v) is 7.19. The van der Waals surface area contributed by atoms with E-state index in [1.165, 1.54) is 24.8 Å². The van der Waals surface area contributed by atoms with Crippen molar-refractivity contribution in [1.82, 2.24) is 4.90 Å². The van der Waals surface area contributed by atoms with E-state index in [0.717, 1.165) is 42.6 Å². The number of nitrogens with zero attached hydrogens (tertiary/aromatic N) is 1. The van der Waals surface area contributed by atoms with E-state index in [1.807, 2.05) is 18.2 Å². The lowest BCUT2D eigenvalue weighted by Gasteiger charge is -2.47. The maximum atomic E-state index is 10.7. The van der Waals surface area contributed by atoms with Crippen LogP contribution in [0.4, 0.5) is 5.69 Å². The van der Waals surface area contributed by atoms with Crippen LogP contribution in [0.25, 0.3) is 0 Å². The molecule has 0 amide bonds. The molecule has 20 heavy (non-hydrogen) atoms. The van der Waals surface area contributed by atoms with Gasteiger partial charge in [0, 0.05) is 41.3 Å². The zero-order chi connectivity index (χ0) is 14.2. The molecular weight excluding hydrogens is 316 g/mol. The topological polar surface area (TPSA) is 49.5 Å². The van der Waals surface area contributed by atoms with E-state index in [-0.39, 0.29) is 0 Å². The molecule has 2 fully saturated rings. The quantitative estimate of drug-likeness (QED) is 0.814. The fourth-order valence-corrected chi connectivity index (χ4v) is 4.26. The van der Waals surface area contributed by atoms with Gasteiger partial charge < -0.3 is 10.8 Å².